The Morgan fingerprint density at radius 1 is 1.11 bits per heavy atom. The molecule has 1 fully saturated rings. The Morgan fingerprint density at radius 3 is 2.46 bits per heavy atom. The minimum atomic E-state index is -0.235. The van der Waals surface area contributed by atoms with Gasteiger partial charge in [-0.25, -0.2) is 9.78 Å². The molecule has 7 nitrogen and oxygen atoms in total. The van der Waals surface area contributed by atoms with Gasteiger partial charge in [0.25, 0.3) is 0 Å². The summed E-state index contributed by atoms with van der Waals surface area (Å²) in [5, 5.41) is 0. The van der Waals surface area contributed by atoms with E-state index in [1.165, 1.54) is 5.56 Å². The maximum Gasteiger partial charge on any atom is 0.409 e. The van der Waals surface area contributed by atoms with E-state index in [2.05, 4.69) is 46.0 Å². The summed E-state index contributed by atoms with van der Waals surface area (Å²) in [6.07, 6.45) is -0.235. The Hall–Kier alpha value is -2.83. The Morgan fingerprint density at radius 2 is 1.82 bits per heavy atom. The van der Waals surface area contributed by atoms with E-state index in [0.29, 0.717) is 19.7 Å². The number of anilines is 2. The van der Waals surface area contributed by atoms with E-state index in [0.717, 1.165) is 43.6 Å². The second-order valence-electron chi connectivity index (χ2n) is 6.84. The number of rotatable bonds is 6. The van der Waals surface area contributed by atoms with Gasteiger partial charge >= 0.3 is 6.09 Å². The average molecular weight is 383 g/mol. The second-order valence-corrected chi connectivity index (χ2v) is 6.84. The minimum Gasteiger partial charge on any atom is -0.450 e. The minimum absolute atomic E-state index is 0.235. The zero-order valence-electron chi connectivity index (χ0n) is 17.0. The molecular weight excluding hydrogens is 354 g/mol. The van der Waals surface area contributed by atoms with Gasteiger partial charge < -0.3 is 19.4 Å². The molecule has 1 amide bonds. The van der Waals surface area contributed by atoms with Crippen LogP contribution in [0.25, 0.3) is 0 Å². The predicted molar refractivity (Wildman–Crippen MR) is 111 cm³/mol. The molecule has 0 bridgehead atoms. The SMILES string of the molecule is CCOC(=O)N1CCN(c2cc(C)nc(N(CC)Cc3ccccc3)n2)CC1. The van der Waals surface area contributed by atoms with Gasteiger partial charge in [0, 0.05) is 51.0 Å². The highest BCUT2D eigenvalue weighted by molar-refractivity contribution is 5.68. The fourth-order valence-corrected chi connectivity index (χ4v) is 3.30. The van der Waals surface area contributed by atoms with E-state index in [1.54, 1.807) is 4.90 Å². The van der Waals surface area contributed by atoms with Gasteiger partial charge in [0.15, 0.2) is 0 Å². The number of carbonyl (C=O) groups excluding carboxylic acids is 1. The van der Waals surface area contributed by atoms with Crippen LogP contribution in [0.3, 0.4) is 0 Å². The van der Waals surface area contributed by atoms with Gasteiger partial charge in [0.05, 0.1) is 6.61 Å². The van der Waals surface area contributed by atoms with Crippen molar-refractivity contribution in [3.05, 3.63) is 47.7 Å². The zero-order chi connectivity index (χ0) is 19.9. The van der Waals surface area contributed by atoms with Crippen molar-refractivity contribution in [3.8, 4) is 0 Å². The lowest BCUT2D eigenvalue weighted by molar-refractivity contribution is 0.105. The van der Waals surface area contributed by atoms with Crippen LogP contribution in [0.2, 0.25) is 0 Å². The molecule has 1 aliphatic rings. The lowest BCUT2D eigenvalue weighted by Gasteiger charge is -2.35. The van der Waals surface area contributed by atoms with Crippen LogP contribution in [0.1, 0.15) is 25.1 Å². The van der Waals surface area contributed by atoms with Crippen LogP contribution in [-0.2, 0) is 11.3 Å². The molecule has 1 aliphatic heterocycles. The number of benzene rings is 1. The summed E-state index contributed by atoms with van der Waals surface area (Å²) in [7, 11) is 0. The molecule has 0 N–H and O–H groups in total. The molecule has 2 aromatic rings. The van der Waals surface area contributed by atoms with Crippen molar-refractivity contribution in [2.75, 3.05) is 49.1 Å². The molecule has 0 saturated carbocycles. The first-order valence-corrected chi connectivity index (χ1v) is 9.92. The van der Waals surface area contributed by atoms with Crippen LogP contribution in [0.4, 0.5) is 16.6 Å². The first kappa shape index (κ1) is 19.9. The number of piperazine rings is 1. The Kier molecular flexibility index (Phi) is 6.68. The van der Waals surface area contributed by atoms with E-state index < -0.39 is 0 Å². The summed E-state index contributed by atoms with van der Waals surface area (Å²) in [6, 6.07) is 12.4. The van der Waals surface area contributed by atoms with E-state index >= 15 is 0 Å². The molecule has 0 aliphatic carbocycles. The van der Waals surface area contributed by atoms with E-state index in [4.69, 9.17) is 9.72 Å². The molecule has 0 unspecified atom stereocenters. The molecular formula is C21H29N5O2. The molecule has 28 heavy (non-hydrogen) atoms. The highest BCUT2D eigenvalue weighted by Gasteiger charge is 2.23. The topological polar surface area (TPSA) is 61.8 Å². The largest absolute Gasteiger partial charge is 0.450 e. The second kappa shape index (κ2) is 9.39. The third-order valence-electron chi connectivity index (χ3n) is 4.84. The van der Waals surface area contributed by atoms with Gasteiger partial charge in [-0.2, -0.15) is 4.98 Å². The smallest absolute Gasteiger partial charge is 0.409 e. The first-order chi connectivity index (χ1) is 13.6. The molecule has 7 heteroatoms. The number of aryl methyl sites for hydroxylation is 1. The number of aromatic nitrogens is 2. The molecule has 0 atom stereocenters. The summed E-state index contributed by atoms with van der Waals surface area (Å²) < 4.78 is 5.10. The van der Waals surface area contributed by atoms with Crippen molar-refractivity contribution in [2.24, 2.45) is 0 Å². The Bertz CT molecular complexity index is 776. The molecule has 1 aromatic heterocycles. The molecule has 3 rings (SSSR count). The van der Waals surface area contributed by atoms with Gasteiger partial charge in [-0.1, -0.05) is 30.3 Å². The highest BCUT2D eigenvalue weighted by atomic mass is 16.6. The number of hydrogen-bond donors (Lipinski definition) is 0. The fraction of sp³-hybridized carbons (Fsp3) is 0.476. The maximum atomic E-state index is 11.9. The standard InChI is InChI=1S/C21H29N5O2/c1-4-24(16-18-9-7-6-8-10-18)20-22-17(3)15-19(23-20)25-11-13-26(14-12-25)21(27)28-5-2/h6-10,15H,4-5,11-14,16H2,1-3H3. The quantitative estimate of drug-likeness (QED) is 0.764. The van der Waals surface area contributed by atoms with Crippen molar-refractivity contribution in [1.29, 1.82) is 0 Å². The number of nitrogens with zero attached hydrogens (tertiary/aromatic N) is 5. The molecule has 2 heterocycles. The summed E-state index contributed by atoms with van der Waals surface area (Å²) in [6.45, 7) is 10.7. The van der Waals surface area contributed by atoms with Gasteiger partial charge in [-0.15, -0.1) is 0 Å². The van der Waals surface area contributed by atoms with E-state index in [9.17, 15) is 4.79 Å². The van der Waals surface area contributed by atoms with Crippen molar-refractivity contribution >= 4 is 17.9 Å². The van der Waals surface area contributed by atoms with Crippen molar-refractivity contribution in [2.45, 2.75) is 27.3 Å². The third-order valence-corrected chi connectivity index (χ3v) is 4.84. The van der Waals surface area contributed by atoms with Gasteiger partial charge in [-0.05, 0) is 26.3 Å². The van der Waals surface area contributed by atoms with Crippen LogP contribution in [-0.4, -0.2) is 60.3 Å². The van der Waals surface area contributed by atoms with Crippen molar-refractivity contribution < 1.29 is 9.53 Å². The number of ether oxygens (including phenoxy) is 1. The summed E-state index contributed by atoms with van der Waals surface area (Å²) in [5.41, 5.74) is 2.18. The van der Waals surface area contributed by atoms with Crippen LogP contribution >= 0.6 is 0 Å². The Balaban J connectivity index is 1.72. The van der Waals surface area contributed by atoms with Gasteiger partial charge in [0.1, 0.15) is 5.82 Å². The Labute approximate surface area is 166 Å². The molecule has 0 radical (unpaired) electrons. The van der Waals surface area contributed by atoms with Gasteiger partial charge in [-0.3, -0.25) is 0 Å². The molecule has 1 saturated heterocycles. The zero-order valence-corrected chi connectivity index (χ0v) is 17.0. The maximum absolute atomic E-state index is 11.9. The number of carbonyl (C=O) groups is 1. The monoisotopic (exact) mass is 383 g/mol. The van der Waals surface area contributed by atoms with E-state index in [-0.39, 0.29) is 6.09 Å². The summed E-state index contributed by atoms with van der Waals surface area (Å²) >= 11 is 0. The summed E-state index contributed by atoms with van der Waals surface area (Å²) in [4.78, 5) is 27.6. The number of hydrogen-bond acceptors (Lipinski definition) is 6. The van der Waals surface area contributed by atoms with Crippen LogP contribution < -0.4 is 9.80 Å². The van der Waals surface area contributed by atoms with Crippen molar-refractivity contribution in [3.63, 3.8) is 0 Å². The van der Waals surface area contributed by atoms with Crippen LogP contribution in [0.15, 0.2) is 36.4 Å². The van der Waals surface area contributed by atoms with Crippen LogP contribution in [0, 0.1) is 6.92 Å². The lowest BCUT2D eigenvalue weighted by atomic mass is 10.2. The molecule has 150 valence electrons. The normalized spacial score (nSPS) is 14.1. The summed E-state index contributed by atoms with van der Waals surface area (Å²) in [5.74, 6) is 1.66. The van der Waals surface area contributed by atoms with Crippen LogP contribution in [0.5, 0.6) is 0 Å². The number of amides is 1. The molecule has 0 spiro atoms. The fourth-order valence-electron chi connectivity index (χ4n) is 3.30. The first-order valence-electron chi connectivity index (χ1n) is 9.92. The third kappa shape index (κ3) is 4.91. The van der Waals surface area contributed by atoms with Gasteiger partial charge in [0.2, 0.25) is 5.95 Å². The van der Waals surface area contributed by atoms with Crippen molar-refractivity contribution in [1.82, 2.24) is 14.9 Å². The van der Waals surface area contributed by atoms with E-state index in [1.807, 2.05) is 26.0 Å². The average Bonchev–Trinajstić information content (AvgIpc) is 2.72. The molecule has 1 aromatic carbocycles. The lowest BCUT2D eigenvalue weighted by Crippen LogP contribution is -2.49. The highest BCUT2D eigenvalue weighted by Crippen LogP contribution is 2.20. The predicted octanol–water partition coefficient (Wildman–Crippen LogP) is 3.09.